The fraction of sp³-hybridized carbons (Fsp3) is 0.231. The summed E-state index contributed by atoms with van der Waals surface area (Å²) in [7, 11) is 3.32. The molecule has 0 fully saturated rings. The molecule has 0 unspecified atom stereocenters. The van der Waals surface area contributed by atoms with Gasteiger partial charge >= 0.3 is 5.69 Å². The summed E-state index contributed by atoms with van der Waals surface area (Å²) in [4.78, 5) is 12.4. The van der Waals surface area contributed by atoms with Gasteiger partial charge in [-0.15, -0.1) is 0 Å². The van der Waals surface area contributed by atoms with E-state index in [1.54, 1.807) is 50.2 Å². The van der Waals surface area contributed by atoms with Crippen LogP contribution in [0.25, 0.3) is 0 Å². The standard InChI is InChI=1S/C13H13N5O2/c1-9-12(18(19)20)13(17(3)15-9)16(2)11-7-5-4-6-10(11)8-14/h4-7H,1-3H3. The molecule has 0 aliphatic heterocycles. The van der Waals surface area contributed by atoms with Crippen molar-refractivity contribution in [1.82, 2.24) is 9.78 Å². The summed E-state index contributed by atoms with van der Waals surface area (Å²) in [6, 6.07) is 9.02. The second kappa shape index (κ2) is 5.01. The largest absolute Gasteiger partial charge is 0.334 e. The monoisotopic (exact) mass is 271 g/mol. The van der Waals surface area contributed by atoms with Gasteiger partial charge in [0.25, 0.3) is 0 Å². The van der Waals surface area contributed by atoms with Crippen molar-refractivity contribution < 1.29 is 4.92 Å². The van der Waals surface area contributed by atoms with Crippen LogP contribution in [0.5, 0.6) is 0 Å². The lowest BCUT2D eigenvalue weighted by Crippen LogP contribution is -2.16. The van der Waals surface area contributed by atoms with Crippen molar-refractivity contribution in [2.24, 2.45) is 7.05 Å². The first-order valence-electron chi connectivity index (χ1n) is 5.88. The zero-order chi connectivity index (χ0) is 14.9. The summed E-state index contributed by atoms with van der Waals surface area (Å²) in [6.45, 7) is 1.59. The summed E-state index contributed by atoms with van der Waals surface area (Å²) in [5.74, 6) is 0.343. The molecule has 1 aromatic heterocycles. The number of aryl methyl sites for hydroxylation is 2. The van der Waals surface area contributed by atoms with E-state index in [2.05, 4.69) is 11.2 Å². The van der Waals surface area contributed by atoms with Gasteiger partial charge in [0, 0.05) is 14.1 Å². The van der Waals surface area contributed by atoms with Crippen molar-refractivity contribution in [3.63, 3.8) is 0 Å². The maximum absolute atomic E-state index is 11.2. The summed E-state index contributed by atoms with van der Waals surface area (Å²) < 4.78 is 1.45. The number of rotatable bonds is 3. The molecule has 0 saturated carbocycles. The fourth-order valence-corrected chi connectivity index (χ4v) is 2.20. The molecule has 0 spiro atoms. The highest BCUT2D eigenvalue weighted by Gasteiger charge is 2.28. The quantitative estimate of drug-likeness (QED) is 0.631. The highest BCUT2D eigenvalue weighted by atomic mass is 16.6. The molecule has 0 N–H and O–H groups in total. The maximum atomic E-state index is 11.2. The van der Waals surface area contributed by atoms with Crippen LogP contribution in [0.3, 0.4) is 0 Å². The third-order valence-electron chi connectivity index (χ3n) is 3.05. The average molecular weight is 271 g/mol. The molecule has 20 heavy (non-hydrogen) atoms. The Bertz CT molecular complexity index is 714. The smallest absolute Gasteiger partial charge is 0.323 e. The molecule has 2 aromatic rings. The Morgan fingerprint density at radius 1 is 1.45 bits per heavy atom. The van der Waals surface area contributed by atoms with Crippen LogP contribution in [0.1, 0.15) is 11.3 Å². The van der Waals surface area contributed by atoms with Gasteiger partial charge in [-0.3, -0.25) is 10.1 Å². The summed E-state index contributed by atoms with van der Waals surface area (Å²) in [6.07, 6.45) is 0. The number of nitro groups is 1. The molecule has 0 saturated heterocycles. The number of nitriles is 1. The average Bonchev–Trinajstić information content (AvgIpc) is 2.72. The second-order valence-corrected chi connectivity index (χ2v) is 4.33. The molecular formula is C13H13N5O2. The van der Waals surface area contributed by atoms with Crippen molar-refractivity contribution in [2.75, 3.05) is 11.9 Å². The number of aromatic nitrogens is 2. The van der Waals surface area contributed by atoms with E-state index in [0.717, 1.165) is 0 Å². The first-order valence-corrected chi connectivity index (χ1v) is 5.88. The van der Waals surface area contributed by atoms with E-state index in [4.69, 9.17) is 5.26 Å². The lowest BCUT2D eigenvalue weighted by molar-refractivity contribution is -0.384. The van der Waals surface area contributed by atoms with Crippen LogP contribution in [-0.2, 0) is 7.05 Å². The molecule has 0 aliphatic rings. The van der Waals surface area contributed by atoms with Gasteiger partial charge in [0.2, 0.25) is 5.82 Å². The van der Waals surface area contributed by atoms with Crippen LogP contribution in [0.2, 0.25) is 0 Å². The van der Waals surface area contributed by atoms with E-state index in [1.165, 1.54) is 4.68 Å². The minimum absolute atomic E-state index is 0.0530. The van der Waals surface area contributed by atoms with E-state index in [9.17, 15) is 10.1 Å². The molecule has 0 aliphatic carbocycles. The van der Waals surface area contributed by atoms with E-state index in [0.29, 0.717) is 22.8 Å². The Labute approximate surface area is 115 Å². The molecule has 0 atom stereocenters. The zero-order valence-corrected chi connectivity index (χ0v) is 11.4. The van der Waals surface area contributed by atoms with Gasteiger partial charge in [0.15, 0.2) is 0 Å². The van der Waals surface area contributed by atoms with Crippen LogP contribution in [0.15, 0.2) is 24.3 Å². The van der Waals surface area contributed by atoms with Crippen LogP contribution < -0.4 is 4.90 Å². The van der Waals surface area contributed by atoms with Gasteiger partial charge in [-0.2, -0.15) is 10.4 Å². The number of anilines is 2. The summed E-state index contributed by atoms with van der Waals surface area (Å²) in [5.41, 5.74) is 1.33. The number of hydrogen-bond donors (Lipinski definition) is 0. The van der Waals surface area contributed by atoms with Crippen LogP contribution in [0, 0.1) is 28.4 Å². The van der Waals surface area contributed by atoms with Crippen molar-refractivity contribution in [3.8, 4) is 6.07 Å². The Morgan fingerprint density at radius 3 is 2.70 bits per heavy atom. The van der Waals surface area contributed by atoms with Gasteiger partial charge in [0.05, 0.1) is 16.2 Å². The Hall–Kier alpha value is -2.88. The number of para-hydroxylation sites is 1. The fourth-order valence-electron chi connectivity index (χ4n) is 2.20. The minimum atomic E-state index is -0.455. The molecule has 2 rings (SSSR count). The van der Waals surface area contributed by atoms with Gasteiger partial charge in [-0.05, 0) is 19.1 Å². The topological polar surface area (TPSA) is 88.0 Å². The van der Waals surface area contributed by atoms with Gasteiger partial charge in [0.1, 0.15) is 11.8 Å². The normalized spacial score (nSPS) is 10.1. The Morgan fingerprint density at radius 2 is 2.10 bits per heavy atom. The SMILES string of the molecule is Cc1nn(C)c(N(C)c2ccccc2C#N)c1[N+](=O)[O-]. The molecule has 7 heteroatoms. The first kappa shape index (κ1) is 13.5. The van der Waals surface area contributed by atoms with E-state index in [1.807, 2.05) is 0 Å². The van der Waals surface area contributed by atoms with E-state index < -0.39 is 4.92 Å². The molecule has 102 valence electrons. The van der Waals surface area contributed by atoms with Gasteiger partial charge < -0.3 is 4.90 Å². The van der Waals surface area contributed by atoms with E-state index >= 15 is 0 Å². The zero-order valence-electron chi connectivity index (χ0n) is 11.4. The van der Waals surface area contributed by atoms with Crippen molar-refractivity contribution in [1.29, 1.82) is 5.26 Å². The lowest BCUT2D eigenvalue weighted by Gasteiger charge is -2.19. The molecule has 1 heterocycles. The van der Waals surface area contributed by atoms with Crippen molar-refractivity contribution >= 4 is 17.2 Å². The maximum Gasteiger partial charge on any atom is 0.334 e. The molecule has 0 amide bonds. The number of hydrogen-bond acceptors (Lipinski definition) is 5. The van der Waals surface area contributed by atoms with Crippen molar-refractivity contribution in [3.05, 3.63) is 45.6 Å². The van der Waals surface area contributed by atoms with Crippen LogP contribution in [0.4, 0.5) is 17.2 Å². The van der Waals surface area contributed by atoms with Gasteiger partial charge in [-0.25, -0.2) is 4.68 Å². The molecule has 0 bridgehead atoms. The van der Waals surface area contributed by atoms with Gasteiger partial charge in [-0.1, -0.05) is 12.1 Å². The van der Waals surface area contributed by atoms with Crippen molar-refractivity contribution in [2.45, 2.75) is 6.92 Å². The summed E-state index contributed by atoms with van der Waals surface area (Å²) in [5, 5.41) is 24.4. The minimum Gasteiger partial charge on any atom is -0.323 e. The molecule has 0 radical (unpaired) electrons. The third-order valence-corrected chi connectivity index (χ3v) is 3.05. The number of benzene rings is 1. The van der Waals surface area contributed by atoms with Crippen LogP contribution >= 0.6 is 0 Å². The predicted molar refractivity (Wildman–Crippen MR) is 73.8 cm³/mol. The first-order chi connectivity index (χ1) is 9.47. The highest BCUT2D eigenvalue weighted by Crippen LogP contribution is 2.35. The second-order valence-electron chi connectivity index (χ2n) is 4.33. The van der Waals surface area contributed by atoms with Crippen LogP contribution in [-0.4, -0.2) is 21.8 Å². The third kappa shape index (κ3) is 2.07. The predicted octanol–water partition coefficient (Wildman–Crippen LogP) is 2.28. The van der Waals surface area contributed by atoms with E-state index in [-0.39, 0.29) is 5.69 Å². The molecule has 7 nitrogen and oxygen atoms in total. The molecular weight excluding hydrogens is 258 g/mol. The highest BCUT2D eigenvalue weighted by molar-refractivity contribution is 5.73. The number of nitrogens with zero attached hydrogens (tertiary/aromatic N) is 5. The Kier molecular flexibility index (Phi) is 3.39. The molecule has 1 aromatic carbocycles. The lowest BCUT2D eigenvalue weighted by atomic mass is 10.2. The summed E-state index contributed by atoms with van der Waals surface area (Å²) >= 11 is 0. The Balaban J connectivity index is 2.63.